The number of carbonyl (C=O) groups is 3. The van der Waals surface area contributed by atoms with Gasteiger partial charge in [-0.3, -0.25) is 4.79 Å². The summed E-state index contributed by atoms with van der Waals surface area (Å²) in [6, 6.07) is 12.7. The number of Topliss-reactive ketones (excluding diaryl/α,β-unsaturated/α-hetero) is 1. The number of nitrogens with one attached hydrogen (secondary N) is 1. The first kappa shape index (κ1) is 20.2. The van der Waals surface area contributed by atoms with Crippen LogP contribution in [0.25, 0.3) is 0 Å². The molecule has 0 aliphatic carbocycles. The highest BCUT2D eigenvalue weighted by atomic mass is 16.5. The van der Waals surface area contributed by atoms with Gasteiger partial charge in [0.25, 0.3) is 0 Å². The summed E-state index contributed by atoms with van der Waals surface area (Å²) in [5, 5.41) is 2.38. The Hall–Kier alpha value is -3.15. The average molecular weight is 368 g/mol. The molecular formula is C21H24N2O4. The van der Waals surface area contributed by atoms with Gasteiger partial charge in [0.1, 0.15) is 0 Å². The predicted octanol–water partition coefficient (Wildman–Crippen LogP) is 3.90. The van der Waals surface area contributed by atoms with Crippen molar-refractivity contribution in [1.29, 1.82) is 0 Å². The molecule has 2 aromatic carbocycles. The number of nitrogens with two attached hydrogens (primary N) is 1. The highest BCUT2D eigenvalue weighted by molar-refractivity contribution is 6.01. The van der Waals surface area contributed by atoms with E-state index in [-0.39, 0.29) is 16.8 Å². The number of hydrogen-bond acceptors (Lipinski definition) is 4. The third-order valence-corrected chi connectivity index (χ3v) is 4.05. The SMILES string of the molecule is C[C@H](OC(=O)c1cccc(NC(N)=O)c1)C(=O)c1ccc(C(C)(C)C)cc1. The zero-order valence-corrected chi connectivity index (χ0v) is 15.9. The van der Waals surface area contributed by atoms with Crippen LogP contribution in [0, 0.1) is 0 Å². The third kappa shape index (κ3) is 5.41. The number of primary amides is 1. The number of ether oxygens (including phenoxy) is 1. The summed E-state index contributed by atoms with van der Waals surface area (Å²) in [6.45, 7) is 7.81. The molecule has 6 nitrogen and oxygen atoms in total. The largest absolute Gasteiger partial charge is 0.451 e. The highest BCUT2D eigenvalue weighted by Crippen LogP contribution is 2.23. The average Bonchev–Trinajstić information content (AvgIpc) is 2.60. The molecule has 0 saturated carbocycles. The van der Waals surface area contributed by atoms with Crippen molar-refractivity contribution in [3.05, 3.63) is 65.2 Å². The summed E-state index contributed by atoms with van der Waals surface area (Å²) < 4.78 is 5.28. The van der Waals surface area contributed by atoms with Gasteiger partial charge < -0.3 is 15.8 Å². The second kappa shape index (κ2) is 8.03. The maximum absolute atomic E-state index is 12.5. The van der Waals surface area contributed by atoms with Crippen LogP contribution in [0.3, 0.4) is 0 Å². The molecule has 6 heteroatoms. The molecule has 0 bridgehead atoms. The molecule has 1 atom stereocenters. The number of hydrogen-bond donors (Lipinski definition) is 2. The molecule has 0 spiro atoms. The second-order valence-corrected chi connectivity index (χ2v) is 7.31. The van der Waals surface area contributed by atoms with Crippen LogP contribution in [0.15, 0.2) is 48.5 Å². The summed E-state index contributed by atoms with van der Waals surface area (Å²) in [5.41, 5.74) is 7.23. The third-order valence-electron chi connectivity index (χ3n) is 4.05. The van der Waals surface area contributed by atoms with E-state index < -0.39 is 18.1 Å². The molecule has 0 saturated heterocycles. The number of ketones is 1. The smallest absolute Gasteiger partial charge is 0.338 e. The van der Waals surface area contributed by atoms with E-state index in [1.807, 2.05) is 12.1 Å². The number of anilines is 1. The van der Waals surface area contributed by atoms with Crippen molar-refractivity contribution in [1.82, 2.24) is 0 Å². The van der Waals surface area contributed by atoms with E-state index in [4.69, 9.17) is 10.5 Å². The van der Waals surface area contributed by atoms with E-state index in [1.165, 1.54) is 19.1 Å². The molecule has 0 fully saturated rings. The monoisotopic (exact) mass is 368 g/mol. The number of urea groups is 1. The first-order valence-corrected chi connectivity index (χ1v) is 8.60. The maximum Gasteiger partial charge on any atom is 0.338 e. The Morgan fingerprint density at radius 3 is 2.19 bits per heavy atom. The first-order chi connectivity index (χ1) is 12.6. The molecule has 0 aliphatic heterocycles. The summed E-state index contributed by atoms with van der Waals surface area (Å²) in [4.78, 5) is 35.7. The second-order valence-electron chi connectivity index (χ2n) is 7.31. The molecule has 27 heavy (non-hydrogen) atoms. The molecule has 0 aliphatic rings. The Bertz CT molecular complexity index is 851. The van der Waals surface area contributed by atoms with Crippen molar-refractivity contribution >= 4 is 23.5 Å². The zero-order valence-electron chi connectivity index (χ0n) is 15.9. The molecule has 3 N–H and O–H groups in total. The summed E-state index contributed by atoms with van der Waals surface area (Å²) in [7, 11) is 0. The van der Waals surface area contributed by atoms with Crippen LogP contribution in [-0.2, 0) is 10.2 Å². The minimum Gasteiger partial charge on any atom is -0.451 e. The van der Waals surface area contributed by atoms with E-state index in [0.29, 0.717) is 11.3 Å². The van der Waals surface area contributed by atoms with Crippen molar-refractivity contribution in [2.45, 2.75) is 39.2 Å². The Balaban J connectivity index is 2.07. The number of amides is 2. The zero-order chi connectivity index (χ0) is 20.2. The molecule has 142 valence electrons. The summed E-state index contributed by atoms with van der Waals surface area (Å²) >= 11 is 0. The van der Waals surface area contributed by atoms with Crippen LogP contribution in [0.2, 0.25) is 0 Å². The normalized spacial score (nSPS) is 12.1. The van der Waals surface area contributed by atoms with E-state index in [9.17, 15) is 14.4 Å². The summed E-state index contributed by atoms with van der Waals surface area (Å²) in [5.74, 6) is -0.939. The van der Waals surface area contributed by atoms with Crippen LogP contribution in [0.5, 0.6) is 0 Å². The van der Waals surface area contributed by atoms with Crippen molar-refractivity contribution in [2.75, 3.05) is 5.32 Å². The maximum atomic E-state index is 12.5. The predicted molar refractivity (Wildman–Crippen MR) is 104 cm³/mol. The molecule has 0 radical (unpaired) electrons. The van der Waals surface area contributed by atoms with Crippen molar-refractivity contribution < 1.29 is 19.1 Å². The van der Waals surface area contributed by atoms with Gasteiger partial charge >= 0.3 is 12.0 Å². The fourth-order valence-electron chi connectivity index (χ4n) is 2.52. The quantitative estimate of drug-likeness (QED) is 0.617. The van der Waals surface area contributed by atoms with Gasteiger partial charge in [0, 0.05) is 11.3 Å². The fraction of sp³-hybridized carbons (Fsp3) is 0.286. The molecule has 2 rings (SSSR count). The van der Waals surface area contributed by atoms with Gasteiger partial charge in [0.05, 0.1) is 5.56 Å². The van der Waals surface area contributed by atoms with Crippen LogP contribution in [-0.4, -0.2) is 23.9 Å². The molecule has 0 unspecified atom stereocenters. The van der Waals surface area contributed by atoms with Gasteiger partial charge in [-0.25, -0.2) is 9.59 Å². The Labute approximate surface area is 158 Å². The summed E-state index contributed by atoms with van der Waals surface area (Å²) in [6.07, 6.45) is -0.939. The number of carbonyl (C=O) groups excluding carboxylic acids is 3. The lowest BCUT2D eigenvalue weighted by Gasteiger charge is -2.19. The van der Waals surface area contributed by atoms with Gasteiger partial charge in [0.15, 0.2) is 6.10 Å². The Morgan fingerprint density at radius 1 is 1.00 bits per heavy atom. The Kier molecular flexibility index (Phi) is 6.00. The van der Waals surface area contributed by atoms with Crippen LogP contribution in [0.1, 0.15) is 54.0 Å². The van der Waals surface area contributed by atoms with E-state index >= 15 is 0 Å². The highest BCUT2D eigenvalue weighted by Gasteiger charge is 2.21. The van der Waals surface area contributed by atoms with Gasteiger partial charge in [-0.2, -0.15) is 0 Å². The molecule has 0 heterocycles. The first-order valence-electron chi connectivity index (χ1n) is 8.60. The van der Waals surface area contributed by atoms with Gasteiger partial charge in [-0.15, -0.1) is 0 Å². The van der Waals surface area contributed by atoms with Crippen molar-refractivity contribution in [3.63, 3.8) is 0 Å². The van der Waals surface area contributed by atoms with Crippen LogP contribution >= 0.6 is 0 Å². The lowest BCUT2D eigenvalue weighted by Crippen LogP contribution is -2.25. The van der Waals surface area contributed by atoms with Crippen LogP contribution < -0.4 is 11.1 Å². The molecule has 2 aromatic rings. The van der Waals surface area contributed by atoms with E-state index in [1.54, 1.807) is 24.3 Å². The lowest BCUT2D eigenvalue weighted by molar-refractivity contribution is 0.0319. The molecule has 2 amide bonds. The molecule has 0 aromatic heterocycles. The van der Waals surface area contributed by atoms with Crippen LogP contribution in [0.4, 0.5) is 10.5 Å². The van der Waals surface area contributed by atoms with Gasteiger partial charge in [-0.1, -0.05) is 51.1 Å². The van der Waals surface area contributed by atoms with E-state index in [0.717, 1.165) is 5.56 Å². The Morgan fingerprint density at radius 2 is 1.63 bits per heavy atom. The standard InChI is InChI=1S/C21H24N2O4/c1-13(18(24)14-8-10-16(11-9-14)21(2,3)4)27-19(25)15-6-5-7-17(12-15)23-20(22)26/h5-13H,1-4H3,(H3,22,23,26)/t13-/m0/s1. The van der Waals surface area contributed by atoms with E-state index in [2.05, 4.69) is 26.1 Å². The number of esters is 1. The van der Waals surface area contributed by atoms with Crippen molar-refractivity contribution in [3.8, 4) is 0 Å². The number of rotatable bonds is 5. The fourth-order valence-corrected chi connectivity index (χ4v) is 2.52. The minimum absolute atomic E-state index is 0.0103. The topological polar surface area (TPSA) is 98.5 Å². The molecular weight excluding hydrogens is 344 g/mol. The van der Waals surface area contributed by atoms with Crippen molar-refractivity contribution in [2.24, 2.45) is 5.73 Å². The minimum atomic E-state index is -0.939. The van der Waals surface area contributed by atoms with Gasteiger partial charge in [0.2, 0.25) is 5.78 Å². The number of benzene rings is 2. The van der Waals surface area contributed by atoms with Gasteiger partial charge in [-0.05, 0) is 36.1 Å². The lowest BCUT2D eigenvalue weighted by atomic mass is 9.86.